The molecule has 1 N–H and O–H groups in total. The molecule has 0 fully saturated rings. The summed E-state index contributed by atoms with van der Waals surface area (Å²) < 4.78 is 6.00. The number of benzene rings is 1. The van der Waals surface area contributed by atoms with Crippen LogP contribution in [0, 0.1) is 0 Å². The third-order valence-electron chi connectivity index (χ3n) is 4.02. The molecule has 3 nitrogen and oxygen atoms in total. The minimum atomic E-state index is 0.135. The third kappa shape index (κ3) is 9.45. The fourth-order valence-corrected chi connectivity index (χ4v) is 4.72. The van der Waals surface area contributed by atoms with Gasteiger partial charge in [0.1, 0.15) is 5.75 Å². The molecule has 0 saturated heterocycles. The number of nitrogens with one attached hydrogen (secondary N) is 1. The van der Waals surface area contributed by atoms with E-state index in [0.717, 1.165) is 31.4 Å². The summed E-state index contributed by atoms with van der Waals surface area (Å²) in [5.41, 5.74) is 2.63. The van der Waals surface area contributed by atoms with Gasteiger partial charge in [0.25, 0.3) is 0 Å². The zero-order valence-corrected chi connectivity index (χ0v) is 17.9. The second-order valence-electron chi connectivity index (χ2n) is 6.75. The highest BCUT2D eigenvalue weighted by atomic mass is 33.1. The first kappa shape index (κ1) is 22.2. The number of rotatable bonds is 12. The maximum atomic E-state index is 11.9. The molecule has 0 bridgehead atoms. The SMILES string of the molecule is CCc1cc(CC)cc(OCCCNC(=O)CCC(C)(C)SSC)c1. The Morgan fingerprint density at radius 1 is 1.16 bits per heavy atom. The van der Waals surface area contributed by atoms with Crippen molar-refractivity contribution in [1.29, 1.82) is 0 Å². The van der Waals surface area contributed by atoms with Gasteiger partial charge in [0.15, 0.2) is 0 Å². The van der Waals surface area contributed by atoms with Crippen molar-refractivity contribution in [1.82, 2.24) is 5.32 Å². The van der Waals surface area contributed by atoms with Crippen LogP contribution in [0.2, 0.25) is 0 Å². The number of carbonyl (C=O) groups excluding carboxylic acids is 1. The molecule has 142 valence electrons. The van der Waals surface area contributed by atoms with Crippen LogP contribution in [0.15, 0.2) is 18.2 Å². The van der Waals surface area contributed by atoms with Crippen molar-refractivity contribution in [3.05, 3.63) is 29.3 Å². The summed E-state index contributed by atoms with van der Waals surface area (Å²) in [6.45, 7) is 9.99. The standard InChI is InChI=1S/C20H33NO2S2/c1-6-16-13-17(7-2)15-18(14-16)23-12-8-11-21-19(22)9-10-20(3,4)25-24-5/h13-15H,6-12H2,1-5H3,(H,21,22). The first-order chi connectivity index (χ1) is 11.9. The van der Waals surface area contributed by atoms with Crippen molar-refractivity contribution in [2.24, 2.45) is 0 Å². The molecule has 0 radical (unpaired) electrons. The van der Waals surface area contributed by atoms with Crippen LogP contribution in [0.5, 0.6) is 5.75 Å². The van der Waals surface area contributed by atoms with Gasteiger partial charge >= 0.3 is 0 Å². The molecule has 0 aliphatic rings. The molecule has 25 heavy (non-hydrogen) atoms. The molecular weight excluding hydrogens is 350 g/mol. The second-order valence-corrected chi connectivity index (χ2v) is 9.86. The maximum Gasteiger partial charge on any atom is 0.220 e. The number of hydrogen-bond acceptors (Lipinski definition) is 4. The molecule has 0 atom stereocenters. The Bertz CT molecular complexity index is 510. The van der Waals surface area contributed by atoms with E-state index in [1.165, 1.54) is 11.1 Å². The van der Waals surface area contributed by atoms with E-state index in [-0.39, 0.29) is 10.7 Å². The van der Waals surface area contributed by atoms with E-state index in [0.29, 0.717) is 19.6 Å². The van der Waals surface area contributed by atoms with Gasteiger partial charge in [-0.15, -0.1) is 0 Å². The zero-order valence-electron chi connectivity index (χ0n) is 16.3. The van der Waals surface area contributed by atoms with E-state index >= 15 is 0 Å². The summed E-state index contributed by atoms with van der Waals surface area (Å²) in [7, 11) is 3.58. The van der Waals surface area contributed by atoms with Gasteiger partial charge in [-0.3, -0.25) is 4.79 Å². The molecule has 1 aromatic carbocycles. The third-order valence-corrected chi connectivity index (χ3v) is 6.69. The van der Waals surface area contributed by atoms with Crippen LogP contribution in [0.3, 0.4) is 0 Å². The Kier molecular flexibility index (Phi) is 10.4. The first-order valence-corrected chi connectivity index (χ1v) is 11.7. The van der Waals surface area contributed by atoms with Gasteiger partial charge in [-0.05, 0) is 69.0 Å². The Labute approximate surface area is 161 Å². The minimum Gasteiger partial charge on any atom is -0.494 e. The summed E-state index contributed by atoms with van der Waals surface area (Å²) in [5, 5.41) is 2.99. The van der Waals surface area contributed by atoms with Crippen LogP contribution in [0.1, 0.15) is 58.1 Å². The lowest BCUT2D eigenvalue weighted by Gasteiger charge is -2.21. The molecule has 1 rings (SSSR count). The Hall–Kier alpha value is -0.810. The average Bonchev–Trinajstić information content (AvgIpc) is 2.59. The molecule has 0 aliphatic heterocycles. The summed E-state index contributed by atoms with van der Waals surface area (Å²) in [6.07, 6.45) is 6.42. The second kappa shape index (κ2) is 11.7. The monoisotopic (exact) mass is 383 g/mol. The van der Waals surface area contributed by atoms with Gasteiger partial charge in [-0.2, -0.15) is 0 Å². The Morgan fingerprint density at radius 2 is 1.80 bits per heavy atom. The van der Waals surface area contributed by atoms with Gasteiger partial charge in [0, 0.05) is 17.7 Å². The smallest absolute Gasteiger partial charge is 0.220 e. The zero-order chi connectivity index (χ0) is 18.7. The average molecular weight is 384 g/mol. The van der Waals surface area contributed by atoms with Gasteiger partial charge in [0.2, 0.25) is 5.91 Å². The van der Waals surface area contributed by atoms with Crippen molar-refractivity contribution >= 4 is 27.5 Å². The summed E-state index contributed by atoms with van der Waals surface area (Å²) >= 11 is 0. The predicted molar refractivity (Wildman–Crippen MR) is 113 cm³/mol. The molecule has 5 heteroatoms. The highest BCUT2D eigenvalue weighted by molar-refractivity contribution is 8.76. The number of aryl methyl sites for hydroxylation is 2. The highest BCUT2D eigenvalue weighted by Crippen LogP contribution is 2.36. The molecule has 0 aliphatic carbocycles. The van der Waals surface area contributed by atoms with E-state index in [4.69, 9.17) is 4.74 Å². The van der Waals surface area contributed by atoms with Crippen molar-refractivity contribution in [3.8, 4) is 5.75 Å². The highest BCUT2D eigenvalue weighted by Gasteiger charge is 2.19. The number of hydrogen-bond donors (Lipinski definition) is 1. The van der Waals surface area contributed by atoms with E-state index in [9.17, 15) is 4.79 Å². The Morgan fingerprint density at radius 3 is 2.36 bits per heavy atom. The van der Waals surface area contributed by atoms with Crippen LogP contribution in [-0.4, -0.2) is 30.1 Å². The normalized spacial score (nSPS) is 11.4. The lowest BCUT2D eigenvalue weighted by molar-refractivity contribution is -0.121. The van der Waals surface area contributed by atoms with Crippen LogP contribution < -0.4 is 10.1 Å². The van der Waals surface area contributed by atoms with Crippen LogP contribution in [0.25, 0.3) is 0 Å². The number of ether oxygens (including phenoxy) is 1. The fourth-order valence-electron chi connectivity index (χ4n) is 2.48. The Balaban J connectivity index is 2.24. The summed E-state index contributed by atoms with van der Waals surface area (Å²) in [4.78, 5) is 11.9. The summed E-state index contributed by atoms with van der Waals surface area (Å²) in [6, 6.07) is 6.47. The lowest BCUT2D eigenvalue weighted by atomic mass is 10.1. The maximum absolute atomic E-state index is 11.9. The molecule has 0 heterocycles. The predicted octanol–water partition coefficient (Wildman–Crippen LogP) is 5.27. The van der Waals surface area contributed by atoms with Gasteiger partial charge < -0.3 is 10.1 Å². The lowest BCUT2D eigenvalue weighted by Crippen LogP contribution is -2.27. The van der Waals surface area contributed by atoms with Crippen molar-refractivity contribution in [2.75, 3.05) is 19.4 Å². The molecule has 0 spiro atoms. The largest absolute Gasteiger partial charge is 0.494 e. The van der Waals surface area contributed by atoms with Gasteiger partial charge in [-0.25, -0.2) is 0 Å². The van der Waals surface area contributed by atoms with E-state index in [1.54, 1.807) is 10.8 Å². The molecule has 1 amide bonds. The van der Waals surface area contributed by atoms with Gasteiger partial charge in [-0.1, -0.05) is 41.5 Å². The summed E-state index contributed by atoms with van der Waals surface area (Å²) in [5.74, 6) is 1.08. The van der Waals surface area contributed by atoms with Crippen molar-refractivity contribution < 1.29 is 9.53 Å². The van der Waals surface area contributed by atoms with E-state index in [1.807, 2.05) is 10.8 Å². The topological polar surface area (TPSA) is 38.3 Å². The van der Waals surface area contributed by atoms with Crippen molar-refractivity contribution in [2.45, 2.75) is 64.5 Å². The van der Waals surface area contributed by atoms with Crippen LogP contribution in [0.4, 0.5) is 0 Å². The quantitative estimate of drug-likeness (QED) is 0.394. The fraction of sp³-hybridized carbons (Fsp3) is 0.650. The number of carbonyl (C=O) groups is 1. The molecule has 0 aromatic heterocycles. The number of amides is 1. The van der Waals surface area contributed by atoms with E-state index < -0.39 is 0 Å². The van der Waals surface area contributed by atoms with Crippen LogP contribution in [-0.2, 0) is 17.6 Å². The first-order valence-electron chi connectivity index (χ1n) is 9.14. The molecule has 1 aromatic rings. The van der Waals surface area contributed by atoms with E-state index in [2.05, 4.69) is 57.5 Å². The molecule has 0 unspecified atom stereocenters. The molecular formula is C20H33NO2S2. The van der Waals surface area contributed by atoms with Crippen molar-refractivity contribution in [3.63, 3.8) is 0 Å². The molecule has 0 saturated carbocycles. The van der Waals surface area contributed by atoms with Crippen LogP contribution >= 0.6 is 21.6 Å². The van der Waals surface area contributed by atoms with Gasteiger partial charge in [0.05, 0.1) is 6.61 Å². The minimum absolute atomic E-state index is 0.135.